The molecule has 4 rings (SSSR count). The number of piperidine rings is 1. The molecule has 0 saturated carbocycles. The van der Waals surface area contributed by atoms with E-state index in [1.54, 1.807) is 12.1 Å². The van der Waals surface area contributed by atoms with Crippen LogP contribution in [0, 0.1) is 29.5 Å². The largest absolute Gasteiger partial charge is 0.406 e. The van der Waals surface area contributed by atoms with Crippen molar-refractivity contribution < 1.29 is 17.6 Å². The monoisotopic (exact) mass is 530 g/mol. The molecule has 1 aromatic carbocycles. The fraction of sp³-hybridized carbons (Fsp3) is 0.533. The van der Waals surface area contributed by atoms with Crippen molar-refractivity contribution in [3.63, 3.8) is 0 Å². The zero-order valence-corrected chi connectivity index (χ0v) is 22.7. The number of nitrogens with one attached hydrogen (secondary N) is 2. The van der Waals surface area contributed by atoms with E-state index in [9.17, 15) is 13.2 Å². The Kier molecular flexibility index (Phi) is 8.89. The van der Waals surface area contributed by atoms with Gasteiger partial charge >= 0.3 is 6.18 Å². The highest BCUT2D eigenvalue weighted by atomic mass is 19.4. The van der Waals surface area contributed by atoms with Gasteiger partial charge < -0.3 is 20.1 Å². The molecular weight excluding hydrogens is 492 g/mol. The number of nitrogens with zero attached hydrogens (tertiary/aromatic N) is 2. The Bertz CT molecular complexity index is 1250. The van der Waals surface area contributed by atoms with E-state index in [0.717, 1.165) is 42.6 Å². The Morgan fingerprint density at radius 3 is 2.53 bits per heavy atom. The summed E-state index contributed by atoms with van der Waals surface area (Å²) in [5, 5.41) is 6.89. The summed E-state index contributed by atoms with van der Waals surface area (Å²) in [7, 11) is 2.08. The fourth-order valence-corrected chi connectivity index (χ4v) is 5.21. The molecule has 206 valence electrons. The molecule has 1 unspecified atom stereocenters. The van der Waals surface area contributed by atoms with Gasteiger partial charge in [0, 0.05) is 29.2 Å². The average Bonchev–Trinajstić information content (AvgIpc) is 3.43. The molecule has 38 heavy (non-hydrogen) atoms. The first-order valence-corrected chi connectivity index (χ1v) is 13.5. The number of rotatable bonds is 8. The van der Waals surface area contributed by atoms with Crippen LogP contribution in [0.15, 0.2) is 41.6 Å². The van der Waals surface area contributed by atoms with E-state index in [2.05, 4.69) is 67.3 Å². The third kappa shape index (κ3) is 6.81. The predicted octanol–water partition coefficient (Wildman–Crippen LogP) is 5.97. The normalized spacial score (nSPS) is 19.0. The van der Waals surface area contributed by atoms with Crippen LogP contribution < -0.4 is 10.6 Å². The maximum Gasteiger partial charge on any atom is 0.406 e. The van der Waals surface area contributed by atoms with E-state index < -0.39 is 18.5 Å². The van der Waals surface area contributed by atoms with Crippen LogP contribution in [-0.4, -0.2) is 48.4 Å². The highest BCUT2D eigenvalue weighted by molar-refractivity contribution is 5.84. The summed E-state index contributed by atoms with van der Waals surface area (Å²) in [6.45, 7) is 7.82. The van der Waals surface area contributed by atoms with E-state index in [1.165, 1.54) is 11.6 Å². The number of hydrogen-bond acceptors (Lipinski definition) is 3. The summed E-state index contributed by atoms with van der Waals surface area (Å²) >= 11 is 0. The van der Waals surface area contributed by atoms with Gasteiger partial charge in [-0.15, -0.1) is 0 Å². The first-order valence-electron chi connectivity index (χ1n) is 13.5. The van der Waals surface area contributed by atoms with Crippen molar-refractivity contribution in [1.82, 2.24) is 20.1 Å². The summed E-state index contributed by atoms with van der Waals surface area (Å²) in [4.78, 5) is 2.26. The minimum absolute atomic E-state index is 0.158. The third-order valence-corrected chi connectivity index (χ3v) is 7.57. The second kappa shape index (κ2) is 12.0. The molecule has 2 N–H and O–H groups in total. The van der Waals surface area contributed by atoms with Crippen molar-refractivity contribution in [3.8, 4) is 11.8 Å². The number of halogens is 4. The van der Waals surface area contributed by atoms with E-state index in [4.69, 9.17) is 0 Å². The lowest BCUT2D eigenvalue weighted by Gasteiger charge is -2.29. The second-order valence-corrected chi connectivity index (χ2v) is 10.8. The average molecular weight is 531 g/mol. The number of likely N-dealkylation sites (tertiary alicyclic amines) is 1. The smallest absolute Gasteiger partial charge is 0.374 e. The van der Waals surface area contributed by atoms with Gasteiger partial charge in [-0.05, 0) is 74.9 Å². The summed E-state index contributed by atoms with van der Waals surface area (Å²) in [5.41, 5.74) is 3.07. The molecule has 0 amide bonds. The Labute approximate surface area is 223 Å². The highest BCUT2D eigenvalue weighted by Crippen LogP contribution is 2.30. The molecule has 4 nitrogen and oxygen atoms in total. The molecule has 1 atom stereocenters. The molecule has 0 radical (unpaired) electrons. The van der Waals surface area contributed by atoms with Crippen molar-refractivity contribution in [2.45, 2.75) is 65.3 Å². The molecule has 2 aromatic rings. The Balaban J connectivity index is 1.53. The Hall–Kier alpha value is -2.76. The number of aromatic nitrogens is 1. The predicted molar refractivity (Wildman–Crippen MR) is 145 cm³/mol. The van der Waals surface area contributed by atoms with Gasteiger partial charge in [-0.2, -0.15) is 13.2 Å². The van der Waals surface area contributed by atoms with Crippen LogP contribution in [0.4, 0.5) is 17.6 Å². The van der Waals surface area contributed by atoms with Gasteiger partial charge in [0.05, 0.1) is 17.8 Å². The molecular formula is C30H38F4N4. The van der Waals surface area contributed by atoms with Gasteiger partial charge in [-0.1, -0.05) is 44.9 Å². The van der Waals surface area contributed by atoms with Crippen molar-refractivity contribution in [3.05, 3.63) is 58.7 Å². The van der Waals surface area contributed by atoms with Crippen LogP contribution in [0.1, 0.15) is 51.3 Å². The first kappa shape index (κ1) is 28.3. The lowest BCUT2D eigenvalue weighted by Crippen LogP contribution is -2.40. The fourth-order valence-electron chi connectivity index (χ4n) is 5.21. The summed E-state index contributed by atoms with van der Waals surface area (Å²) in [6, 6.07) is 4.91. The minimum Gasteiger partial charge on any atom is -0.374 e. The van der Waals surface area contributed by atoms with E-state index >= 15 is 4.39 Å². The maximum absolute atomic E-state index is 15.5. The molecule has 1 fully saturated rings. The topological polar surface area (TPSA) is 32.2 Å². The molecule has 2 heterocycles. The zero-order chi connectivity index (χ0) is 27.4. The van der Waals surface area contributed by atoms with E-state index in [1.807, 2.05) is 0 Å². The van der Waals surface area contributed by atoms with Crippen molar-refractivity contribution in [1.29, 1.82) is 0 Å². The number of allylic oxidation sites excluding steroid dienone is 3. The van der Waals surface area contributed by atoms with Crippen molar-refractivity contribution >= 4 is 10.9 Å². The molecule has 8 heteroatoms. The van der Waals surface area contributed by atoms with E-state index in [0.29, 0.717) is 30.0 Å². The zero-order valence-electron chi connectivity index (χ0n) is 22.7. The van der Waals surface area contributed by atoms with Gasteiger partial charge in [-0.25, -0.2) is 4.39 Å². The lowest BCUT2D eigenvalue weighted by molar-refractivity contribution is -0.140. The second-order valence-electron chi connectivity index (χ2n) is 10.8. The molecule has 0 bridgehead atoms. The molecule has 1 aromatic heterocycles. The van der Waals surface area contributed by atoms with Gasteiger partial charge in [0.1, 0.15) is 12.4 Å². The highest BCUT2D eigenvalue weighted by Gasteiger charge is 2.30. The third-order valence-electron chi connectivity index (χ3n) is 7.57. The molecule has 1 saturated heterocycles. The van der Waals surface area contributed by atoms with E-state index in [-0.39, 0.29) is 23.1 Å². The number of alkyl halides is 3. The molecule has 1 aliphatic carbocycles. The summed E-state index contributed by atoms with van der Waals surface area (Å²) in [6.07, 6.45) is 2.85. The Morgan fingerprint density at radius 1 is 1.13 bits per heavy atom. The standard InChI is InChI=1S/C30H38F4N4/c1-5-21-15-23(20(2)3)16-27(21)35-12-6-7-25-17-26-28(38(25)19-30(32,33)34)9-8-22(29(26)31)18-36-24-10-13-37(4)14-11-24/h8-9,15-17,20,23-24,35-36H,5,10-14,18-19H2,1-4H3. The lowest BCUT2D eigenvalue weighted by atomic mass is 9.97. The van der Waals surface area contributed by atoms with Gasteiger partial charge in [0.25, 0.3) is 0 Å². The van der Waals surface area contributed by atoms with Crippen molar-refractivity contribution in [2.24, 2.45) is 11.8 Å². The van der Waals surface area contributed by atoms with Crippen LogP contribution in [0.3, 0.4) is 0 Å². The molecule has 0 spiro atoms. The number of benzene rings is 1. The number of fused-ring (bicyclic) bond motifs is 1. The van der Waals surface area contributed by atoms with Gasteiger partial charge in [0.2, 0.25) is 0 Å². The van der Waals surface area contributed by atoms with Crippen LogP contribution in [0.5, 0.6) is 0 Å². The van der Waals surface area contributed by atoms with Crippen LogP contribution in [0.25, 0.3) is 10.9 Å². The SMILES string of the molecule is CCC1=CC(C(C)C)C=C1NCC#Cc1cc2c(F)c(CNC3CCN(C)CC3)ccc2n1CC(F)(F)F. The number of hydrogen-bond donors (Lipinski definition) is 2. The Morgan fingerprint density at radius 2 is 1.87 bits per heavy atom. The van der Waals surface area contributed by atoms with Crippen molar-refractivity contribution in [2.75, 3.05) is 26.7 Å². The van der Waals surface area contributed by atoms with Gasteiger partial charge in [-0.3, -0.25) is 0 Å². The van der Waals surface area contributed by atoms with Crippen LogP contribution in [-0.2, 0) is 13.1 Å². The summed E-state index contributed by atoms with van der Waals surface area (Å²) in [5.74, 6) is 6.18. The quantitative estimate of drug-likeness (QED) is 0.326. The minimum atomic E-state index is -4.45. The molecule has 1 aliphatic heterocycles. The maximum atomic E-state index is 15.5. The first-order chi connectivity index (χ1) is 18.1. The van der Waals surface area contributed by atoms with Crippen LogP contribution >= 0.6 is 0 Å². The van der Waals surface area contributed by atoms with Gasteiger partial charge in [0.15, 0.2) is 0 Å². The van der Waals surface area contributed by atoms with Crippen LogP contribution in [0.2, 0.25) is 0 Å². The summed E-state index contributed by atoms with van der Waals surface area (Å²) < 4.78 is 56.8. The molecule has 2 aliphatic rings.